The molecule has 1 aliphatic rings. The van der Waals surface area contributed by atoms with Crippen LogP contribution in [0.2, 0.25) is 0 Å². The molecule has 4 aromatic heterocycles. The molecule has 1 amide bonds. The highest BCUT2D eigenvalue weighted by atomic mass is 16.3. The SMILES string of the molecule is O=C(c1ccc(-c2ccc3ncnn3c2)cc1)N1CCC(O)(Cn2cnn3cccc3c2=O)CC1. The van der Waals surface area contributed by atoms with E-state index in [-0.39, 0.29) is 18.0 Å². The zero-order valence-corrected chi connectivity index (χ0v) is 18.9. The lowest BCUT2D eigenvalue weighted by molar-refractivity contribution is -0.0300. The van der Waals surface area contributed by atoms with E-state index in [1.54, 1.807) is 27.7 Å². The number of carbonyl (C=O) groups is 1. The molecule has 1 aromatic carbocycles. The van der Waals surface area contributed by atoms with E-state index in [9.17, 15) is 14.7 Å². The van der Waals surface area contributed by atoms with Gasteiger partial charge in [0.05, 0.1) is 12.1 Å². The van der Waals surface area contributed by atoms with E-state index >= 15 is 0 Å². The van der Waals surface area contributed by atoms with Crippen molar-refractivity contribution in [3.05, 3.63) is 89.5 Å². The van der Waals surface area contributed by atoms with Crippen LogP contribution in [0, 0.1) is 0 Å². The third kappa shape index (κ3) is 3.87. The van der Waals surface area contributed by atoms with Crippen LogP contribution in [0.4, 0.5) is 0 Å². The number of nitrogens with zero attached hydrogens (tertiary/aromatic N) is 7. The highest BCUT2D eigenvalue weighted by Gasteiger charge is 2.35. The summed E-state index contributed by atoms with van der Waals surface area (Å²) in [6, 6.07) is 14.8. The Kier molecular flexibility index (Phi) is 4.96. The first kappa shape index (κ1) is 21.2. The summed E-state index contributed by atoms with van der Waals surface area (Å²) in [5, 5.41) is 19.5. The molecule has 0 atom stereocenters. The summed E-state index contributed by atoms with van der Waals surface area (Å²) in [4.78, 5) is 31.6. The number of pyridine rings is 1. The molecule has 0 aliphatic carbocycles. The molecule has 176 valence electrons. The van der Waals surface area contributed by atoms with Crippen molar-refractivity contribution in [3.8, 4) is 11.1 Å². The molecule has 0 unspecified atom stereocenters. The molecule has 0 spiro atoms. The first-order chi connectivity index (χ1) is 17.0. The molecule has 5 heterocycles. The third-order valence-corrected chi connectivity index (χ3v) is 6.71. The second-order valence-electron chi connectivity index (χ2n) is 8.98. The van der Waals surface area contributed by atoms with Gasteiger partial charge in [-0.3, -0.25) is 14.2 Å². The highest BCUT2D eigenvalue weighted by Crippen LogP contribution is 2.26. The molecule has 1 aliphatic heterocycles. The number of carbonyl (C=O) groups excluding carboxylic acids is 1. The van der Waals surface area contributed by atoms with Gasteiger partial charge in [0.25, 0.3) is 11.5 Å². The Balaban J connectivity index is 1.12. The van der Waals surface area contributed by atoms with E-state index in [2.05, 4.69) is 15.2 Å². The number of hydrogen-bond donors (Lipinski definition) is 1. The molecule has 10 heteroatoms. The fourth-order valence-electron chi connectivity index (χ4n) is 4.65. The van der Waals surface area contributed by atoms with Crippen molar-refractivity contribution in [1.82, 2.24) is 33.7 Å². The van der Waals surface area contributed by atoms with Crippen LogP contribution in [0.1, 0.15) is 23.2 Å². The quantitative estimate of drug-likeness (QED) is 0.430. The van der Waals surface area contributed by atoms with Gasteiger partial charge in [0.15, 0.2) is 5.65 Å². The van der Waals surface area contributed by atoms with E-state index in [0.717, 1.165) is 16.8 Å². The largest absolute Gasteiger partial charge is 0.388 e. The normalized spacial score (nSPS) is 15.6. The van der Waals surface area contributed by atoms with Crippen molar-refractivity contribution in [1.29, 1.82) is 0 Å². The number of likely N-dealkylation sites (tertiary alicyclic amines) is 1. The summed E-state index contributed by atoms with van der Waals surface area (Å²) >= 11 is 0. The van der Waals surface area contributed by atoms with Crippen LogP contribution >= 0.6 is 0 Å². The maximum atomic E-state index is 13.1. The number of aromatic nitrogens is 6. The topological polar surface area (TPSA) is 110 Å². The Labute approximate surface area is 199 Å². The Hall–Kier alpha value is -4.31. The zero-order chi connectivity index (χ0) is 24.0. The summed E-state index contributed by atoms with van der Waals surface area (Å²) in [5.41, 5.74) is 2.53. The minimum Gasteiger partial charge on any atom is -0.388 e. The number of rotatable bonds is 4. The fraction of sp³-hybridized carbons (Fsp3) is 0.240. The molecular weight excluding hydrogens is 446 g/mol. The number of amides is 1. The van der Waals surface area contributed by atoms with Crippen LogP contribution in [0.15, 0.2) is 78.4 Å². The van der Waals surface area contributed by atoms with Gasteiger partial charge in [0.2, 0.25) is 0 Å². The predicted octanol–water partition coefficient (Wildman–Crippen LogP) is 1.87. The average molecular weight is 470 g/mol. The third-order valence-electron chi connectivity index (χ3n) is 6.71. The van der Waals surface area contributed by atoms with Crippen molar-refractivity contribution in [2.24, 2.45) is 0 Å². The lowest BCUT2D eigenvalue weighted by atomic mass is 9.91. The molecule has 1 fully saturated rings. The smallest absolute Gasteiger partial charge is 0.277 e. The molecule has 35 heavy (non-hydrogen) atoms. The van der Waals surface area contributed by atoms with Crippen molar-refractivity contribution >= 4 is 17.1 Å². The number of fused-ring (bicyclic) bond motifs is 2. The van der Waals surface area contributed by atoms with Crippen LogP contribution in [0.5, 0.6) is 0 Å². The van der Waals surface area contributed by atoms with Crippen LogP contribution in [-0.2, 0) is 6.54 Å². The zero-order valence-electron chi connectivity index (χ0n) is 18.9. The summed E-state index contributed by atoms with van der Waals surface area (Å²) in [6.45, 7) is 0.971. The van der Waals surface area contributed by atoms with Crippen LogP contribution in [0.25, 0.3) is 22.3 Å². The van der Waals surface area contributed by atoms with Gasteiger partial charge in [-0.2, -0.15) is 10.2 Å². The summed E-state index contributed by atoms with van der Waals surface area (Å²) in [6.07, 6.45) is 7.34. The molecule has 1 N–H and O–H groups in total. The van der Waals surface area contributed by atoms with E-state index < -0.39 is 5.60 Å². The molecular formula is C25H23N7O3. The molecule has 0 radical (unpaired) electrons. The average Bonchev–Trinajstić information content (AvgIpc) is 3.55. The first-order valence-corrected chi connectivity index (χ1v) is 11.4. The van der Waals surface area contributed by atoms with Crippen molar-refractivity contribution < 1.29 is 9.90 Å². The van der Waals surface area contributed by atoms with Crippen molar-refractivity contribution in [3.63, 3.8) is 0 Å². The van der Waals surface area contributed by atoms with E-state index in [1.165, 1.54) is 21.7 Å². The van der Waals surface area contributed by atoms with Crippen LogP contribution in [0.3, 0.4) is 0 Å². The second-order valence-corrected chi connectivity index (χ2v) is 8.98. The van der Waals surface area contributed by atoms with Gasteiger partial charge in [-0.1, -0.05) is 12.1 Å². The van der Waals surface area contributed by atoms with E-state index in [4.69, 9.17) is 0 Å². The fourth-order valence-corrected chi connectivity index (χ4v) is 4.65. The molecule has 1 saturated heterocycles. The van der Waals surface area contributed by atoms with Gasteiger partial charge in [-0.15, -0.1) is 0 Å². The van der Waals surface area contributed by atoms with Gasteiger partial charge in [0.1, 0.15) is 18.2 Å². The Bertz CT molecular complexity index is 1590. The van der Waals surface area contributed by atoms with Crippen LogP contribution < -0.4 is 5.56 Å². The first-order valence-electron chi connectivity index (χ1n) is 11.4. The van der Waals surface area contributed by atoms with Crippen molar-refractivity contribution in [2.45, 2.75) is 25.0 Å². The predicted molar refractivity (Wildman–Crippen MR) is 128 cm³/mol. The second kappa shape index (κ2) is 8.17. The van der Waals surface area contributed by atoms with Gasteiger partial charge in [-0.25, -0.2) is 14.0 Å². The Morgan fingerprint density at radius 1 is 0.971 bits per heavy atom. The van der Waals surface area contributed by atoms with Gasteiger partial charge in [0, 0.05) is 36.6 Å². The van der Waals surface area contributed by atoms with E-state index in [0.29, 0.717) is 37.0 Å². The molecule has 6 rings (SSSR count). The lowest BCUT2D eigenvalue weighted by Gasteiger charge is -2.38. The van der Waals surface area contributed by atoms with Gasteiger partial charge in [-0.05, 0) is 54.8 Å². The van der Waals surface area contributed by atoms with E-state index in [1.807, 2.05) is 42.6 Å². The molecule has 0 bridgehead atoms. The molecule has 5 aromatic rings. The number of piperidine rings is 1. The Morgan fingerprint density at radius 2 is 1.74 bits per heavy atom. The summed E-state index contributed by atoms with van der Waals surface area (Å²) in [5.74, 6) is -0.0706. The maximum Gasteiger partial charge on any atom is 0.277 e. The summed E-state index contributed by atoms with van der Waals surface area (Å²) in [7, 11) is 0. The van der Waals surface area contributed by atoms with Gasteiger partial charge >= 0.3 is 0 Å². The summed E-state index contributed by atoms with van der Waals surface area (Å²) < 4.78 is 4.68. The standard InChI is InChI=1S/C25H23N7O3/c33-23(19-5-3-18(4-6-19)20-7-8-22-26-16-27-32(22)14-20)29-12-9-25(35,10-13-29)15-30-17-28-31-11-1-2-21(31)24(30)34/h1-8,11,14,16-17,35H,9-10,12-13,15H2. The minimum absolute atomic E-state index is 0.0706. The minimum atomic E-state index is -1.07. The number of aliphatic hydroxyl groups is 1. The Morgan fingerprint density at radius 3 is 2.54 bits per heavy atom. The maximum absolute atomic E-state index is 13.1. The number of benzene rings is 1. The van der Waals surface area contributed by atoms with Crippen LogP contribution in [-0.4, -0.2) is 63.4 Å². The molecule has 10 nitrogen and oxygen atoms in total. The van der Waals surface area contributed by atoms with Gasteiger partial charge < -0.3 is 10.0 Å². The highest BCUT2D eigenvalue weighted by molar-refractivity contribution is 5.94. The number of hydrogen-bond acceptors (Lipinski definition) is 6. The van der Waals surface area contributed by atoms with Crippen molar-refractivity contribution in [2.75, 3.05) is 13.1 Å². The lowest BCUT2D eigenvalue weighted by Crippen LogP contribution is -2.49. The molecule has 0 saturated carbocycles. The monoisotopic (exact) mass is 469 g/mol.